The number of aryl methyl sites for hydroxylation is 1. The van der Waals surface area contributed by atoms with Crippen LogP contribution in [0, 0.1) is 5.82 Å². The molecule has 2 aromatic carbocycles. The van der Waals surface area contributed by atoms with Crippen LogP contribution in [-0.4, -0.2) is 32.1 Å². The molecule has 150 valence electrons. The zero-order valence-electron chi connectivity index (χ0n) is 16.3. The van der Waals surface area contributed by atoms with Crippen LogP contribution in [-0.2, 0) is 20.0 Å². The second kappa shape index (κ2) is 7.22. The fourth-order valence-electron chi connectivity index (χ4n) is 4.09. The molecule has 1 aliphatic heterocycles. The van der Waals surface area contributed by atoms with Crippen LogP contribution < -0.4 is 0 Å². The molecule has 1 amide bonds. The summed E-state index contributed by atoms with van der Waals surface area (Å²) >= 11 is 5.98. The van der Waals surface area contributed by atoms with Gasteiger partial charge in [0.05, 0.1) is 28.5 Å². The number of fused-ring (bicyclic) bond motifs is 2. The molecule has 0 saturated carbocycles. The predicted octanol–water partition coefficient (Wildman–Crippen LogP) is 4.63. The van der Waals surface area contributed by atoms with E-state index >= 15 is 0 Å². The summed E-state index contributed by atoms with van der Waals surface area (Å²) in [5.74, 6) is -0.470. The summed E-state index contributed by atoms with van der Waals surface area (Å²) in [6.07, 6.45) is 2.41. The van der Waals surface area contributed by atoms with E-state index in [0.717, 1.165) is 33.4 Å². The van der Waals surface area contributed by atoms with Gasteiger partial charge in [0, 0.05) is 41.9 Å². The first kappa shape index (κ1) is 18.8. The molecule has 7 heteroatoms. The molecule has 2 aromatic heterocycles. The minimum absolute atomic E-state index is 0.0246. The number of aromatic nitrogens is 3. The quantitative estimate of drug-likeness (QED) is 0.475. The predicted molar refractivity (Wildman–Crippen MR) is 114 cm³/mol. The Hall–Kier alpha value is -3.25. The highest BCUT2D eigenvalue weighted by Gasteiger charge is 2.28. The molecule has 0 N–H and O–H groups in total. The van der Waals surface area contributed by atoms with E-state index in [1.807, 2.05) is 42.3 Å². The van der Waals surface area contributed by atoms with Crippen molar-refractivity contribution in [2.75, 3.05) is 6.54 Å². The fourth-order valence-corrected chi connectivity index (χ4v) is 4.27. The normalized spacial score (nSPS) is 13.5. The molecule has 0 bridgehead atoms. The number of halogens is 2. The molecule has 5 rings (SSSR count). The Bertz CT molecular complexity index is 1300. The summed E-state index contributed by atoms with van der Waals surface area (Å²) in [5, 5.41) is 5.66. The Labute approximate surface area is 177 Å². The molecule has 30 heavy (non-hydrogen) atoms. The fraction of sp³-hybridized carbons (Fsp3) is 0.174. The van der Waals surface area contributed by atoms with Crippen molar-refractivity contribution in [1.82, 2.24) is 19.7 Å². The lowest BCUT2D eigenvalue weighted by molar-refractivity contribution is 0.0732. The highest BCUT2D eigenvalue weighted by molar-refractivity contribution is 6.31. The van der Waals surface area contributed by atoms with Crippen molar-refractivity contribution in [3.05, 3.63) is 82.4 Å². The van der Waals surface area contributed by atoms with Crippen molar-refractivity contribution >= 4 is 28.4 Å². The van der Waals surface area contributed by atoms with Gasteiger partial charge in [-0.1, -0.05) is 17.7 Å². The van der Waals surface area contributed by atoms with E-state index < -0.39 is 5.82 Å². The third kappa shape index (κ3) is 3.13. The summed E-state index contributed by atoms with van der Waals surface area (Å²) in [4.78, 5) is 19.2. The van der Waals surface area contributed by atoms with Gasteiger partial charge in [0.15, 0.2) is 0 Å². The Kier molecular flexibility index (Phi) is 4.51. The summed E-state index contributed by atoms with van der Waals surface area (Å²) in [6.45, 7) is 1.02. The van der Waals surface area contributed by atoms with Gasteiger partial charge in [-0.3, -0.25) is 14.5 Å². The van der Waals surface area contributed by atoms with Gasteiger partial charge in [0.25, 0.3) is 5.91 Å². The second-order valence-electron chi connectivity index (χ2n) is 7.41. The molecule has 0 aliphatic carbocycles. The zero-order valence-corrected chi connectivity index (χ0v) is 17.0. The maximum absolute atomic E-state index is 13.6. The van der Waals surface area contributed by atoms with E-state index in [1.54, 1.807) is 23.0 Å². The number of hydrogen-bond donors (Lipinski definition) is 0. The standard InChI is InChI=1S/C23H18ClFN4O/c1-28-22(15-4-6-19(25)18(24)12-15)17-8-10-29(13-21(17)27-28)23(30)16-5-7-20-14(11-16)3-2-9-26-20/h2-7,9,11-12H,8,10,13H2,1H3. The molecule has 0 radical (unpaired) electrons. The van der Waals surface area contributed by atoms with Gasteiger partial charge in [-0.2, -0.15) is 5.10 Å². The van der Waals surface area contributed by atoms with Crippen molar-refractivity contribution in [2.24, 2.45) is 7.05 Å². The molecular weight excluding hydrogens is 403 g/mol. The van der Waals surface area contributed by atoms with Crippen LogP contribution in [0.15, 0.2) is 54.7 Å². The van der Waals surface area contributed by atoms with Gasteiger partial charge in [0.1, 0.15) is 5.82 Å². The SMILES string of the molecule is Cn1nc2c(c1-c1ccc(F)c(Cl)c1)CCN(C(=O)c1ccc3ncccc3c1)C2. The first-order valence-electron chi connectivity index (χ1n) is 9.65. The highest BCUT2D eigenvalue weighted by atomic mass is 35.5. The largest absolute Gasteiger partial charge is 0.332 e. The number of hydrogen-bond acceptors (Lipinski definition) is 3. The summed E-state index contributed by atoms with van der Waals surface area (Å²) in [6, 6.07) is 14.1. The van der Waals surface area contributed by atoms with Gasteiger partial charge in [0.2, 0.25) is 0 Å². The minimum Gasteiger partial charge on any atom is -0.332 e. The maximum atomic E-state index is 13.6. The highest BCUT2D eigenvalue weighted by Crippen LogP contribution is 2.32. The van der Waals surface area contributed by atoms with Crippen molar-refractivity contribution in [1.29, 1.82) is 0 Å². The molecule has 0 spiro atoms. The molecule has 0 fully saturated rings. The number of benzene rings is 2. The van der Waals surface area contributed by atoms with Crippen molar-refractivity contribution in [2.45, 2.75) is 13.0 Å². The van der Waals surface area contributed by atoms with E-state index in [4.69, 9.17) is 11.6 Å². The molecule has 4 aromatic rings. The third-order valence-electron chi connectivity index (χ3n) is 5.53. The van der Waals surface area contributed by atoms with E-state index in [2.05, 4.69) is 10.1 Å². The van der Waals surface area contributed by atoms with E-state index in [1.165, 1.54) is 6.07 Å². The maximum Gasteiger partial charge on any atom is 0.254 e. The molecule has 1 aliphatic rings. The molecular formula is C23H18ClFN4O. The summed E-state index contributed by atoms with van der Waals surface area (Å²) in [5.41, 5.74) is 5.17. The first-order chi connectivity index (χ1) is 14.5. The van der Waals surface area contributed by atoms with Crippen LogP contribution in [0.3, 0.4) is 0 Å². The van der Waals surface area contributed by atoms with Gasteiger partial charge >= 0.3 is 0 Å². The Balaban J connectivity index is 1.45. The van der Waals surface area contributed by atoms with Crippen LogP contribution in [0.4, 0.5) is 4.39 Å². The smallest absolute Gasteiger partial charge is 0.254 e. The van der Waals surface area contributed by atoms with Crippen molar-refractivity contribution < 1.29 is 9.18 Å². The number of rotatable bonds is 2. The number of nitrogens with zero attached hydrogens (tertiary/aromatic N) is 4. The van der Waals surface area contributed by atoms with Crippen LogP contribution in [0.1, 0.15) is 21.6 Å². The molecule has 0 unspecified atom stereocenters. The lowest BCUT2D eigenvalue weighted by Gasteiger charge is -2.27. The minimum atomic E-state index is -0.446. The van der Waals surface area contributed by atoms with Gasteiger partial charge in [-0.25, -0.2) is 4.39 Å². The average Bonchev–Trinajstić information content (AvgIpc) is 3.09. The Morgan fingerprint density at radius 2 is 2.03 bits per heavy atom. The van der Waals surface area contributed by atoms with Gasteiger partial charge in [-0.15, -0.1) is 0 Å². The van der Waals surface area contributed by atoms with Gasteiger partial charge in [-0.05, 0) is 48.9 Å². The zero-order chi connectivity index (χ0) is 20.8. The number of pyridine rings is 1. The summed E-state index contributed by atoms with van der Waals surface area (Å²) < 4.78 is 15.4. The van der Waals surface area contributed by atoms with Gasteiger partial charge < -0.3 is 4.90 Å². The lowest BCUT2D eigenvalue weighted by atomic mass is 9.99. The van der Waals surface area contributed by atoms with Crippen molar-refractivity contribution in [3.8, 4) is 11.3 Å². The summed E-state index contributed by atoms with van der Waals surface area (Å²) in [7, 11) is 1.85. The van der Waals surface area contributed by atoms with E-state index in [0.29, 0.717) is 25.1 Å². The molecule has 5 nitrogen and oxygen atoms in total. The molecule has 0 saturated heterocycles. The van der Waals surface area contributed by atoms with E-state index in [-0.39, 0.29) is 10.9 Å². The number of carbonyl (C=O) groups is 1. The first-order valence-corrected chi connectivity index (χ1v) is 10.0. The average molecular weight is 421 g/mol. The Morgan fingerprint density at radius 3 is 2.87 bits per heavy atom. The lowest BCUT2D eigenvalue weighted by Crippen LogP contribution is -2.36. The second-order valence-corrected chi connectivity index (χ2v) is 7.82. The Morgan fingerprint density at radius 1 is 1.17 bits per heavy atom. The van der Waals surface area contributed by atoms with Crippen LogP contribution in [0.5, 0.6) is 0 Å². The number of carbonyl (C=O) groups excluding carboxylic acids is 1. The molecule has 0 atom stereocenters. The third-order valence-corrected chi connectivity index (χ3v) is 5.82. The van der Waals surface area contributed by atoms with Crippen molar-refractivity contribution in [3.63, 3.8) is 0 Å². The molecule has 3 heterocycles. The monoisotopic (exact) mass is 420 g/mol. The van der Waals surface area contributed by atoms with Crippen LogP contribution >= 0.6 is 11.6 Å². The van der Waals surface area contributed by atoms with Crippen LogP contribution in [0.25, 0.3) is 22.2 Å². The number of amides is 1. The van der Waals surface area contributed by atoms with Crippen LogP contribution in [0.2, 0.25) is 5.02 Å². The topological polar surface area (TPSA) is 51.0 Å². The van der Waals surface area contributed by atoms with E-state index in [9.17, 15) is 9.18 Å².